The van der Waals surface area contributed by atoms with Crippen molar-refractivity contribution in [3.8, 4) is 5.75 Å². The van der Waals surface area contributed by atoms with Gasteiger partial charge in [0.2, 0.25) is 5.13 Å². The number of carbonyl (C=O) groups is 1. The largest absolute Gasteiger partial charge is 0.483 e. The third-order valence-corrected chi connectivity index (χ3v) is 6.75. The fourth-order valence-electron chi connectivity index (χ4n) is 1.81. The molecule has 0 radical (unpaired) electrons. The van der Waals surface area contributed by atoms with Gasteiger partial charge in [-0.25, -0.2) is 0 Å². The summed E-state index contributed by atoms with van der Waals surface area (Å²) in [6.45, 7) is 5.77. The Labute approximate surface area is 162 Å². The molecule has 1 N–H and O–H groups in total. The standard InChI is InChI=1S/C15H17BrClN3O2S2/c1-4-5-23-15-20-19-14(24-15)18-11(21)7-22-10-6-8(2)13(17)9(3)12(10)16/h6H,4-5,7H2,1-3H3,(H,18,19,21). The van der Waals surface area contributed by atoms with Crippen molar-refractivity contribution in [3.63, 3.8) is 0 Å². The van der Waals surface area contributed by atoms with Gasteiger partial charge in [-0.1, -0.05) is 41.6 Å². The van der Waals surface area contributed by atoms with Crippen LogP contribution in [0.2, 0.25) is 5.02 Å². The first-order chi connectivity index (χ1) is 11.4. The zero-order chi connectivity index (χ0) is 17.7. The summed E-state index contributed by atoms with van der Waals surface area (Å²) in [6.07, 6.45) is 1.06. The van der Waals surface area contributed by atoms with Gasteiger partial charge in [0.05, 0.1) is 4.47 Å². The van der Waals surface area contributed by atoms with Crippen molar-refractivity contribution in [2.45, 2.75) is 31.5 Å². The maximum atomic E-state index is 12.0. The lowest BCUT2D eigenvalue weighted by molar-refractivity contribution is -0.118. The highest BCUT2D eigenvalue weighted by molar-refractivity contribution is 9.10. The monoisotopic (exact) mass is 449 g/mol. The average Bonchev–Trinajstić information content (AvgIpc) is 3.00. The Bertz CT molecular complexity index is 740. The van der Waals surface area contributed by atoms with Crippen molar-refractivity contribution in [2.24, 2.45) is 0 Å². The van der Waals surface area contributed by atoms with E-state index in [2.05, 4.69) is 38.4 Å². The number of carbonyl (C=O) groups excluding carboxylic acids is 1. The Kier molecular flexibility index (Phi) is 7.34. The molecule has 0 bridgehead atoms. The van der Waals surface area contributed by atoms with Crippen LogP contribution in [0.1, 0.15) is 24.5 Å². The van der Waals surface area contributed by atoms with Crippen LogP contribution in [-0.4, -0.2) is 28.5 Å². The molecule has 24 heavy (non-hydrogen) atoms. The van der Waals surface area contributed by atoms with Crippen molar-refractivity contribution in [1.29, 1.82) is 0 Å². The maximum Gasteiger partial charge on any atom is 0.264 e. The van der Waals surface area contributed by atoms with Gasteiger partial charge in [0.15, 0.2) is 10.9 Å². The van der Waals surface area contributed by atoms with Crippen LogP contribution in [0.3, 0.4) is 0 Å². The van der Waals surface area contributed by atoms with Gasteiger partial charge in [0.25, 0.3) is 5.91 Å². The molecule has 0 unspecified atom stereocenters. The molecule has 9 heteroatoms. The number of ether oxygens (including phenoxy) is 1. The molecule has 0 saturated heterocycles. The number of nitrogens with zero attached hydrogens (tertiary/aromatic N) is 2. The summed E-state index contributed by atoms with van der Waals surface area (Å²) < 4.78 is 7.19. The van der Waals surface area contributed by atoms with Crippen LogP contribution < -0.4 is 10.1 Å². The van der Waals surface area contributed by atoms with Gasteiger partial charge >= 0.3 is 0 Å². The van der Waals surface area contributed by atoms with E-state index in [0.717, 1.165) is 32.1 Å². The molecule has 1 amide bonds. The van der Waals surface area contributed by atoms with Crippen LogP contribution in [0.5, 0.6) is 5.75 Å². The lowest BCUT2D eigenvalue weighted by atomic mass is 10.1. The van der Waals surface area contributed by atoms with E-state index in [9.17, 15) is 4.79 Å². The summed E-state index contributed by atoms with van der Waals surface area (Å²) in [7, 11) is 0. The lowest BCUT2D eigenvalue weighted by Gasteiger charge is -2.12. The van der Waals surface area contributed by atoms with Crippen LogP contribution in [-0.2, 0) is 4.79 Å². The van der Waals surface area contributed by atoms with Crippen LogP contribution in [0.15, 0.2) is 14.9 Å². The minimum atomic E-state index is -0.282. The number of hydrogen-bond donors (Lipinski definition) is 1. The average molecular weight is 451 g/mol. The van der Waals surface area contributed by atoms with E-state index < -0.39 is 0 Å². The SMILES string of the molecule is CCCSc1nnc(NC(=O)COc2cc(C)c(Cl)c(C)c2Br)s1. The summed E-state index contributed by atoms with van der Waals surface area (Å²) in [5, 5.41) is 11.8. The van der Waals surface area contributed by atoms with Gasteiger partial charge in [-0.05, 0) is 53.4 Å². The lowest BCUT2D eigenvalue weighted by Crippen LogP contribution is -2.20. The normalized spacial score (nSPS) is 10.7. The van der Waals surface area contributed by atoms with Crippen molar-refractivity contribution in [1.82, 2.24) is 10.2 Å². The second kappa shape index (κ2) is 9.03. The molecule has 2 rings (SSSR count). The quantitative estimate of drug-likeness (QED) is 0.470. The molecule has 5 nitrogen and oxygen atoms in total. The van der Waals surface area contributed by atoms with Gasteiger partial charge < -0.3 is 4.74 Å². The molecule has 0 saturated carbocycles. The number of nitrogens with one attached hydrogen (secondary N) is 1. The molecule has 1 aromatic carbocycles. The Morgan fingerprint density at radius 1 is 1.46 bits per heavy atom. The number of aromatic nitrogens is 2. The molecule has 0 aliphatic heterocycles. The van der Waals surface area contributed by atoms with Crippen molar-refractivity contribution >= 4 is 61.7 Å². The summed E-state index contributed by atoms with van der Waals surface area (Å²) in [5.74, 6) is 1.28. The highest BCUT2D eigenvalue weighted by atomic mass is 79.9. The Morgan fingerprint density at radius 2 is 2.21 bits per heavy atom. The summed E-state index contributed by atoms with van der Waals surface area (Å²) in [6, 6.07) is 1.80. The van der Waals surface area contributed by atoms with Crippen LogP contribution in [0.4, 0.5) is 5.13 Å². The van der Waals surface area contributed by atoms with Crippen molar-refractivity contribution in [3.05, 3.63) is 26.7 Å². The zero-order valence-corrected chi connectivity index (χ0v) is 17.5. The fourth-order valence-corrected chi connectivity index (χ4v) is 4.20. The summed E-state index contributed by atoms with van der Waals surface area (Å²) in [5.41, 5.74) is 1.78. The molecule has 2 aromatic rings. The number of hydrogen-bond acceptors (Lipinski definition) is 6. The molecular formula is C15H17BrClN3O2S2. The molecule has 0 aliphatic carbocycles. The number of benzene rings is 1. The Balaban J connectivity index is 1.93. The minimum Gasteiger partial charge on any atom is -0.483 e. The number of thioether (sulfide) groups is 1. The molecular weight excluding hydrogens is 434 g/mol. The number of rotatable bonds is 7. The minimum absolute atomic E-state index is 0.115. The first-order valence-electron chi connectivity index (χ1n) is 7.26. The molecule has 0 aliphatic rings. The predicted molar refractivity (Wildman–Crippen MR) is 104 cm³/mol. The number of anilines is 1. The first-order valence-corrected chi connectivity index (χ1v) is 10.2. The summed E-state index contributed by atoms with van der Waals surface area (Å²) >= 11 is 12.6. The van der Waals surface area contributed by atoms with Gasteiger partial charge in [-0.2, -0.15) is 0 Å². The fraction of sp³-hybridized carbons (Fsp3) is 0.400. The number of halogens is 2. The van der Waals surface area contributed by atoms with E-state index in [1.165, 1.54) is 11.3 Å². The molecule has 130 valence electrons. The summed E-state index contributed by atoms with van der Waals surface area (Å²) in [4.78, 5) is 12.0. The van der Waals surface area contributed by atoms with E-state index in [4.69, 9.17) is 16.3 Å². The second-order valence-electron chi connectivity index (χ2n) is 5.00. The second-order valence-corrected chi connectivity index (χ2v) is 8.49. The highest BCUT2D eigenvalue weighted by Gasteiger charge is 2.13. The van der Waals surface area contributed by atoms with Crippen LogP contribution in [0.25, 0.3) is 0 Å². The third kappa shape index (κ3) is 5.08. The van der Waals surface area contributed by atoms with Gasteiger partial charge in [-0.15, -0.1) is 10.2 Å². The maximum absolute atomic E-state index is 12.0. The third-order valence-electron chi connectivity index (χ3n) is 3.01. The smallest absolute Gasteiger partial charge is 0.264 e. The van der Waals surface area contributed by atoms with E-state index in [0.29, 0.717) is 15.9 Å². The highest BCUT2D eigenvalue weighted by Crippen LogP contribution is 2.35. The molecule has 0 spiro atoms. The van der Waals surface area contributed by atoms with E-state index in [1.807, 2.05) is 13.8 Å². The Hall–Kier alpha value is -0.830. The van der Waals surface area contributed by atoms with E-state index in [1.54, 1.807) is 17.8 Å². The van der Waals surface area contributed by atoms with E-state index >= 15 is 0 Å². The topological polar surface area (TPSA) is 64.1 Å². The first kappa shape index (κ1) is 19.5. The van der Waals surface area contributed by atoms with Crippen LogP contribution in [0, 0.1) is 13.8 Å². The van der Waals surface area contributed by atoms with Crippen LogP contribution >= 0.6 is 50.6 Å². The molecule has 0 atom stereocenters. The van der Waals surface area contributed by atoms with Gasteiger partial charge in [0.1, 0.15) is 5.75 Å². The molecule has 1 heterocycles. The van der Waals surface area contributed by atoms with Crippen molar-refractivity contribution in [2.75, 3.05) is 17.7 Å². The van der Waals surface area contributed by atoms with Crippen molar-refractivity contribution < 1.29 is 9.53 Å². The van der Waals surface area contributed by atoms with Gasteiger partial charge in [-0.3, -0.25) is 10.1 Å². The zero-order valence-electron chi connectivity index (χ0n) is 13.5. The van der Waals surface area contributed by atoms with E-state index in [-0.39, 0.29) is 12.5 Å². The van der Waals surface area contributed by atoms with Gasteiger partial charge in [0, 0.05) is 10.8 Å². The Morgan fingerprint density at radius 3 is 2.92 bits per heavy atom. The molecule has 0 fully saturated rings. The predicted octanol–water partition coefficient (Wildman–Crippen LogP) is 5.09. The number of amides is 1. The molecule has 1 aromatic heterocycles. The number of aryl methyl sites for hydroxylation is 1.